The third kappa shape index (κ3) is 5.38. The van der Waals surface area contributed by atoms with E-state index in [9.17, 15) is 9.18 Å². The van der Waals surface area contributed by atoms with E-state index in [1.54, 1.807) is 74.9 Å². The van der Waals surface area contributed by atoms with Crippen LogP contribution in [0.25, 0.3) is 17.1 Å². The third-order valence-corrected chi connectivity index (χ3v) is 4.87. The first-order valence-corrected chi connectivity index (χ1v) is 10.5. The van der Waals surface area contributed by atoms with Crippen LogP contribution in [0.4, 0.5) is 10.1 Å². The molecule has 0 atom stereocenters. The monoisotopic (exact) mass is 462 g/mol. The molecule has 0 radical (unpaired) electrons. The van der Waals surface area contributed by atoms with Crippen molar-refractivity contribution in [1.82, 2.24) is 14.8 Å². The van der Waals surface area contributed by atoms with Gasteiger partial charge in [0.2, 0.25) is 0 Å². The molecule has 174 valence electrons. The smallest absolute Gasteiger partial charge is 0.336 e. The molecule has 4 rings (SSSR count). The van der Waals surface area contributed by atoms with E-state index in [1.165, 1.54) is 16.8 Å². The maximum Gasteiger partial charge on any atom is 0.336 e. The Hall–Kier alpha value is -4.24. The van der Waals surface area contributed by atoms with Crippen LogP contribution in [0.2, 0.25) is 0 Å². The minimum atomic E-state index is -0.395. The van der Waals surface area contributed by atoms with Crippen molar-refractivity contribution in [1.29, 1.82) is 0 Å². The first-order chi connectivity index (χ1) is 16.6. The van der Waals surface area contributed by atoms with Crippen LogP contribution in [0, 0.1) is 5.82 Å². The number of rotatable bonds is 9. The number of amides is 1. The lowest BCUT2D eigenvalue weighted by molar-refractivity contribution is 0.102. The zero-order chi connectivity index (χ0) is 23.9. The van der Waals surface area contributed by atoms with Crippen molar-refractivity contribution in [3.8, 4) is 28.8 Å². The van der Waals surface area contributed by atoms with Crippen LogP contribution >= 0.6 is 0 Å². The molecule has 1 amide bonds. The van der Waals surface area contributed by atoms with Crippen molar-refractivity contribution < 1.29 is 23.4 Å². The summed E-state index contributed by atoms with van der Waals surface area (Å²) >= 11 is 0. The fraction of sp³-hybridized carbons (Fsp3) is 0.160. The molecule has 0 fully saturated rings. The average molecular weight is 462 g/mol. The molecular weight excluding hydrogens is 439 g/mol. The van der Waals surface area contributed by atoms with Crippen LogP contribution < -0.4 is 14.8 Å². The van der Waals surface area contributed by atoms with Crippen molar-refractivity contribution in [3.05, 3.63) is 84.2 Å². The summed E-state index contributed by atoms with van der Waals surface area (Å²) in [5.74, 6) is 0.296. The highest BCUT2D eigenvalue weighted by atomic mass is 19.1. The second-order valence-corrected chi connectivity index (χ2v) is 7.22. The van der Waals surface area contributed by atoms with Gasteiger partial charge in [0, 0.05) is 23.9 Å². The Labute approximate surface area is 195 Å². The zero-order valence-electron chi connectivity index (χ0n) is 18.7. The second kappa shape index (κ2) is 10.6. The zero-order valence-corrected chi connectivity index (χ0v) is 18.7. The number of nitrogens with zero attached hydrogens (tertiary/aromatic N) is 3. The van der Waals surface area contributed by atoms with Gasteiger partial charge >= 0.3 is 6.01 Å². The van der Waals surface area contributed by atoms with Crippen molar-refractivity contribution in [2.24, 2.45) is 0 Å². The van der Waals surface area contributed by atoms with Crippen molar-refractivity contribution in [2.75, 3.05) is 32.8 Å². The molecule has 0 spiro atoms. The molecule has 1 aromatic heterocycles. The molecule has 34 heavy (non-hydrogen) atoms. The number of anilines is 1. The molecule has 0 aliphatic rings. The summed E-state index contributed by atoms with van der Waals surface area (Å²) in [6.07, 6.45) is 0. The first kappa shape index (κ1) is 22.9. The van der Waals surface area contributed by atoms with Gasteiger partial charge in [-0.3, -0.25) is 4.79 Å². The largest absolute Gasteiger partial charge is 0.497 e. The number of carbonyl (C=O) groups is 1. The number of aromatic nitrogens is 3. The Morgan fingerprint density at radius 3 is 2.62 bits per heavy atom. The van der Waals surface area contributed by atoms with Crippen LogP contribution in [0.3, 0.4) is 0 Å². The van der Waals surface area contributed by atoms with Crippen LogP contribution in [-0.4, -0.2) is 48.1 Å². The molecule has 9 heteroatoms. The normalized spacial score (nSPS) is 10.7. The number of ether oxygens (including phenoxy) is 3. The molecule has 4 aromatic rings. The number of carbonyl (C=O) groups excluding carboxylic acids is 1. The van der Waals surface area contributed by atoms with E-state index in [2.05, 4.69) is 15.4 Å². The van der Waals surface area contributed by atoms with Gasteiger partial charge in [0.15, 0.2) is 5.82 Å². The summed E-state index contributed by atoms with van der Waals surface area (Å²) in [4.78, 5) is 17.2. The number of hydrogen-bond donors (Lipinski definition) is 1. The molecule has 0 bridgehead atoms. The van der Waals surface area contributed by atoms with Crippen LogP contribution in [0.1, 0.15) is 10.4 Å². The standard InChI is InChI=1S/C25H23FN4O4/c1-32-12-13-34-25-28-23(17-6-3-8-19(26)14-17)30(29-25)21-10-5-9-20(16-21)27-24(31)18-7-4-11-22(15-18)33-2/h3-11,14-16H,12-13H2,1-2H3,(H,27,31). The van der Waals surface area contributed by atoms with E-state index in [1.807, 2.05) is 0 Å². The van der Waals surface area contributed by atoms with Crippen LogP contribution in [0.5, 0.6) is 11.8 Å². The Morgan fingerprint density at radius 2 is 1.82 bits per heavy atom. The number of methoxy groups -OCH3 is 2. The van der Waals surface area contributed by atoms with E-state index < -0.39 is 5.82 Å². The van der Waals surface area contributed by atoms with Crippen LogP contribution in [0.15, 0.2) is 72.8 Å². The lowest BCUT2D eigenvalue weighted by atomic mass is 10.2. The topological polar surface area (TPSA) is 87.5 Å². The molecule has 0 aliphatic heterocycles. The predicted octanol–water partition coefficient (Wildman–Crippen LogP) is 4.36. The summed E-state index contributed by atoms with van der Waals surface area (Å²) in [6, 6.07) is 20.1. The van der Waals surface area contributed by atoms with Crippen LogP contribution in [-0.2, 0) is 4.74 Å². The quantitative estimate of drug-likeness (QED) is 0.372. The molecule has 0 aliphatic carbocycles. The molecule has 0 saturated heterocycles. The van der Waals surface area contributed by atoms with Gasteiger partial charge in [-0.25, -0.2) is 9.07 Å². The van der Waals surface area contributed by atoms with Gasteiger partial charge in [0.25, 0.3) is 5.91 Å². The fourth-order valence-electron chi connectivity index (χ4n) is 3.25. The van der Waals surface area contributed by atoms with Gasteiger partial charge in [-0.1, -0.05) is 24.3 Å². The summed E-state index contributed by atoms with van der Waals surface area (Å²) < 4.78 is 31.2. The van der Waals surface area contributed by atoms with Gasteiger partial charge in [-0.05, 0) is 48.5 Å². The minimum Gasteiger partial charge on any atom is -0.497 e. The maximum atomic E-state index is 13.9. The van der Waals surface area contributed by atoms with Gasteiger partial charge in [0.05, 0.1) is 19.4 Å². The van der Waals surface area contributed by atoms with Gasteiger partial charge in [0.1, 0.15) is 18.2 Å². The van der Waals surface area contributed by atoms with E-state index in [0.29, 0.717) is 40.7 Å². The number of halogens is 1. The molecular formula is C25H23FN4O4. The highest BCUT2D eigenvalue weighted by Gasteiger charge is 2.16. The molecule has 0 saturated carbocycles. The Morgan fingerprint density at radius 1 is 1.00 bits per heavy atom. The molecule has 1 N–H and O–H groups in total. The van der Waals surface area contributed by atoms with Gasteiger partial charge < -0.3 is 19.5 Å². The van der Waals surface area contributed by atoms with Crippen molar-refractivity contribution in [3.63, 3.8) is 0 Å². The average Bonchev–Trinajstić information content (AvgIpc) is 3.29. The third-order valence-electron chi connectivity index (χ3n) is 4.87. The summed E-state index contributed by atoms with van der Waals surface area (Å²) in [7, 11) is 3.11. The Bertz CT molecular complexity index is 1290. The lowest BCUT2D eigenvalue weighted by Crippen LogP contribution is -2.12. The molecule has 1 heterocycles. The second-order valence-electron chi connectivity index (χ2n) is 7.22. The molecule has 8 nitrogen and oxygen atoms in total. The fourth-order valence-corrected chi connectivity index (χ4v) is 3.25. The number of nitrogens with one attached hydrogen (secondary N) is 1. The van der Waals surface area contributed by atoms with E-state index in [-0.39, 0.29) is 18.5 Å². The number of benzene rings is 3. The van der Waals surface area contributed by atoms with E-state index >= 15 is 0 Å². The van der Waals surface area contributed by atoms with E-state index in [4.69, 9.17) is 14.2 Å². The number of hydrogen-bond acceptors (Lipinski definition) is 6. The summed E-state index contributed by atoms with van der Waals surface area (Å²) in [6.45, 7) is 0.634. The first-order valence-electron chi connectivity index (χ1n) is 10.5. The summed E-state index contributed by atoms with van der Waals surface area (Å²) in [5, 5.41) is 7.31. The maximum absolute atomic E-state index is 13.9. The predicted molar refractivity (Wildman–Crippen MR) is 125 cm³/mol. The van der Waals surface area contributed by atoms with Gasteiger partial charge in [-0.15, -0.1) is 5.10 Å². The highest BCUT2D eigenvalue weighted by molar-refractivity contribution is 6.04. The van der Waals surface area contributed by atoms with Crippen molar-refractivity contribution >= 4 is 11.6 Å². The van der Waals surface area contributed by atoms with Crippen molar-refractivity contribution in [2.45, 2.75) is 0 Å². The lowest BCUT2D eigenvalue weighted by Gasteiger charge is -2.10. The Kier molecular flexibility index (Phi) is 7.14. The van der Waals surface area contributed by atoms with E-state index in [0.717, 1.165) is 0 Å². The molecule has 3 aromatic carbocycles. The minimum absolute atomic E-state index is 0.127. The summed E-state index contributed by atoms with van der Waals surface area (Å²) in [5.41, 5.74) is 2.14. The highest BCUT2D eigenvalue weighted by Crippen LogP contribution is 2.26. The Balaban J connectivity index is 1.65. The SMILES string of the molecule is COCCOc1nc(-c2cccc(F)c2)n(-c2cccc(NC(=O)c3cccc(OC)c3)c2)n1. The molecule has 0 unspecified atom stereocenters. The van der Waals surface area contributed by atoms with Gasteiger partial charge in [-0.2, -0.15) is 4.98 Å².